The highest BCUT2D eigenvalue weighted by atomic mass is 32.1. The number of amides is 1. The quantitative estimate of drug-likeness (QED) is 0.901. The molecule has 5 heteroatoms. The minimum atomic E-state index is -0.121. The lowest BCUT2D eigenvalue weighted by atomic mass is 10.1. The predicted molar refractivity (Wildman–Crippen MR) is 75.7 cm³/mol. The van der Waals surface area contributed by atoms with Crippen molar-refractivity contribution in [1.29, 1.82) is 0 Å². The van der Waals surface area contributed by atoms with Crippen LogP contribution in [0.25, 0.3) is 0 Å². The van der Waals surface area contributed by atoms with Crippen LogP contribution in [-0.4, -0.2) is 22.5 Å². The Morgan fingerprint density at radius 3 is 2.84 bits per heavy atom. The first-order valence-corrected chi connectivity index (χ1v) is 6.93. The Hall–Kier alpha value is -1.88. The van der Waals surface area contributed by atoms with Gasteiger partial charge in [0.1, 0.15) is 5.75 Å². The minimum Gasteiger partial charge on any atom is -0.508 e. The van der Waals surface area contributed by atoms with Gasteiger partial charge in [0.05, 0.1) is 10.7 Å². The zero-order chi connectivity index (χ0) is 13.8. The molecule has 0 atom stereocenters. The monoisotopic (exact) mass is 276 g/mol. The number of thiazole rings is 1. The number of nitrogens with zero attached hydrogens (tertiary/aromatic N) is 1. The summed E-state index contributed by atoms with van der Waals surface area (Å²) in [6.45, 7) is 4.33. The lowest BCUT2D eigenvalue weighted by Crippen LogP contribution is -2.26. The standard InChI is InChI=1S/C14H16N2O2S/c1-9-7-12(17)3-4-13(9)14(18)15-6-5-11-8-19-10(2)16-11/h3-4,7-8,17H,5-6H2,1-2H3,(H,15,18). The van der Waals surface area contributed by atoms with Crippen molar-refractivity contribution in [2.45, 2.75) is 20.3 Å². The fourth-order valence-corrected chi connectivity index (χ4v) is 2.47. The van der Waals surface area contributed by atoms with Gasteiger partial charge in [-0.2, -0.15) is 0 Å². The number of rotatable bonds is 4. The van der Waals surface area contributed by atoms with E-state index >= 15 is 0 Å². The third-order valence-electron chi connectivity index (χ3n) is 2.79. The van der Waals surface area contributed by atoms with Gasteiger partial charge in [0.15, 0.2) is 0 Å². The molecule has 1 heterocycles. The van der Waals surface area contributed by atoms with Crippen LogP contribution in [0.4, 0.5) is 0 Å². The topological polar surface area (TPSA) is 62.2 Å². The third kappa shape index (κ3) is 3.54. The molecule has 0 spiro atoms. The number of benzene rings is 1. The van der Waals surface area contributed by atoms with E-state index in [-0.39, 0.29) is 11.7 Å². The van der Waals surface area contributed by atoms with Gasteiger partial charge < -0.3 is 10.4 Å². The van der Waals surface area contributed by atoms with Gasteiger partial charge in [-0.1, -0.05) is 0 Å². The van der Waals surface area contributed by atoms with Crippen LogP contribution < -0.4 is 5.32 Å². The summed E-state index contributed by atoms with van der Waals surface area (Å²) in [5.41, 5.74) is 2.36. The van der Waals surface area contributed by atoms with E-state index in [2.05, 4.69) is 10.3 Å². The molecule has 19 heavy (non-hydrogen) atoms. The van der Waals surface area contributed by atoms with E-state index in [1.807, 2.05) is 12.3 Å². The fourth-order valence-electron chi connectivity index (χ4n) is 1.83. The summed E-state index contributed by atoms with van der Waals surface area (Å²) in [6.07, 6.45) is 0.729. The maximum absolute atomic E-state index is 12.0. The van der Waals surface area contributed by atoms with E-state index in [0.717, 1.165) is 22.7 Å². The minimum absolute atomic E-state index is 0.121. The molecule has 0 unspecified atom stereocenters. The largest absolute Gasteiger partial charge is 0.508 e. The van der Waals surface area contributed by atoms with Crippen molar-refractivity contribution < 1.29 is 9.90 Å². The molecule has 0 fully saturated rings. The van der Waals surface area contributed by atoms with E-state index in [1.165, 1.54) is 6.07 Å². The Kier molecular flexibility index (Phi) is 4.16. The predicted octanol–water partition coefficient (Wildman–Crippen LogP) is 2.44. The van der Waals surface area contributed by atoms with Crippen LogP contribution in [0, 0.1) is 13.8 Å². The Morgan fingerprint density at radius 2 is 2.21 bits per heavy atom. The van der Waals surface area contributed by atoms with E-state index < -0.39 is 0 Å². The zero-order valence-corrected chi connectivity index (χ0v) is 11.8. The average Bonchev–Trinajstić information content (AvgIpc) is 2.75. The van der Waals surface area contributed by atoms with Crippen LogP contribution in [0.5, 0.6) is 5.75 Å². The molecule has 2 N–H and O–H groups in total. The summed E-state index contributed by atoms with van der Waals surface area (Å²) >= 11 is 1.61. The summed E-state index contributed by atoms with van der Waals surface area (Å²) in [5.74, 6) is 0.0523. The van der Waals surface area contributed by atoms with Gasteiger partial charge in [-0.3, -0.25) is 4.79 Å². The molecule has 2 aromatic rings. The molecule has 0 saturated heterocycles. The molecule has 1 aromatic heterocycles. The van der Waals surface area contributed by atoms with Gasteiger partial charge in [-0.25, -0.2) is 4.98 Å². The van der Waals surface area contributed by atoms with Crippen LogP contribution in [-0.2, 0) is 6.42 Å². The molecular weight excluding hydrogens is 260 g/mol. The van der Waals surface area contributed by atoms with E-state index in [0.29, 0.717) is 12.1 Å². The van der Waals surface area contributed by atoms with Crippen molar-refractivity contribution in [2.24, 2.45) is 0 Å². The molecule has 0 aliphatic heterocycles. The summed E-state index contributed by atoms with van der Waals surface area (Å²) in [4.78, 5) is 16.3. The van der Waals surface area contributed by atoms with Gasteiger partial charge in [-0.15, -0.1) is 11.3 Å². The maximum Gasteiger partial charge on any atom is 0.251 e. The Bertz CT molecular complexity index is 593. The highest BCUT2D eigenvalue weighted by Crippen LogP contribution is 2.15. The van der Waals surface area contributed by atoms with E-state index in [1.54, 1.807) is 30.4 Å². The normalized spacial score (nSPS) is 10.4. The molecule has 0 radical (unpaired) electrons. The molecule has 4 nitrogen and oxygen atoms in total. The number of phenolic OH excluding ortho intramolecular Hbond substituents is 1. The zero-order valence-electron chi connectivity index (χ0n) is 10.9. The Labute approximate surface area is 116 Å². The number of phenols is 1. The second-order valence-electron chi connectivity index (χ2n) is 4.36. The number of hydrogen-bond donors (Lipinski definition) is 2. The fraction of sp³-hybridized carbons (Fsp3) is 0.286. The maximum atomic E-state index is 12.0. The van der Waals surface area contributed by atoms with E-state index in [4.69, 9.17) is 0 Å². The SMILES string of the molecule is Cc1nc(CCNC(=O)c2ccc(O)cc2C)cs1. The highest BCUT2D eigenvalue weighted by Gasteiger charge is 2.09. The summed E-state index contributed by atoms with van der Waals surface area (Å²) < 4.78 is 0. The first-order chi connectivity index (χ1) is 9.06. The first kappa shape index (κ1) is 13.5. The van der Waals surface area contributed by atoms with Crippen LogP contribution >= 0.6 is 11.3 Å². The molecule has 1 amide bonds. The van der Waals surface area contributed by atoms with Crippen LogP contribution in [0.2, 0.25) is 0 Å². The molecular formula is C14H16N2O2S. The molecule has 1 aromatic carbocycles. The van der Waals surface area contributed by atoms with Crippen molar-refractivity contribution >= 4 is 17.2 Å². The number of carbonyl (C=O) groups is 1. The average molecular weight is 276 g/mol. The van der Waals surface area contributed by atoms with E-state index in [9.17, 15) is 9.90 Å². The second kappa shape index (κ2) is 5.84. The highest BCUT2D eigenvalue weighted by molar-refractivity contribution is 7.09. The van der Waals surface area contributed by atoms with Crippen LogP contribution in [0.3, 0.4) is 0 Å². The molecule has 0 aliphatic carbocycles. The van der Waals surface area contributed by atoms with Gasteiger partial charge in [-0.05, 0) is 37.6 Å². The molecule has 0 aliphatic rings. The number of carbonyl (C=O) groups excluding carboxylic acids is 1. The van der Waals surface area contributed by atoms with Gasteiger partial charge in [0, 0.05) is 23.9 Å². The third-order valence-corrected chi connectivity index (χ3v) is 3.61. The van der Waals surface area contributed by atoms with Gasteiger partial charge >= 0.3 is 0 Å². The molecule has 100 valence electrons. The van der Waals surface area contributed by atoms with Crippen LogP contribution in [0.1, 0.15) is 26.6 Å². The Morgan fingerprint density at radius 1 is 1.42 bits per heavy atom. The van der Waals surface area contributed by atoms with Crippen molar-refractivity contribution in [3.8, 4) is 5.75 Å². The van der Waals surface area contributed by atoms with Crippen molar-refractivity contribution in [3.05, 3.63) is 45.4 Å². The Balaban J connectivity index is 1.90. The number of nitrogens with one attached hydrogen (secondary N) is 1. The number of hydrogen-bond acceptors (Lipinski definition) is 4. The lowest BCUT2D eigenvalue weighted by Gasteiger charge is -2.07. The number of aryl methyl sites for hydroxylation is 2. The van der Waals surface area contributed by atoms with Crippen LogP contribution in [0.15, 0.2) is 23.6 Å². The van der Waals surface area contributed by atoms with Crippen molar-refractivity contribution in [2.75, 3.05) is 6.54 Å². The second-order valence-corrected chi connectivity index (χ2v) is 5.43. The molecule has 0 saturated carbocycles. The smallest absolute Gasteiger partial charge is 0.251 e. The van der Waals surface area contributed by atoms with Crippen molar-refractivity contribution in [3.63, 3.8) is 0 Å². The molecule has 2 rings (SSSR count). The molecule has 0 bridgehead atoms. The van der Waals surface area contributed by atoms with Gasteiger partial charge in [0.2, 0.25) is 0 Å². The summed E-state index contributed by atoms with van der Waals surface area (Å²) in [7, 11) is 0. The number of aromatic hydroxyl groups is 1. The number of aromatic nitrogens is 1. The lowest BCUT2D eigenvalue weighted by molar-refractivity contribution is 0.0953. The summed E-state index contributed by atoms with van der Waals surface area (Å²) in [6, 6.07) is 4.73. The van der Waals surface area contributed by atoms with Crippen molar-refractivity contribution in [1.82, 2.24) is 10.3 Å². The van der Waals surface area contributed by atoms with Gasteiger partial charge in [0.25, 0.3) is 5.91 Å². The summed E-state index contributed by atoms with van der Waals surface area (Å²) in [5, 5.41) is 15.2. The first-order valence-electron chi connectivity index (χ1n) is 6.05.